The van der Waals surface area contributed by atoms with Crippen molar-refractivity contribution in [3.63, 3.8) is 0 Å². The van der Waals surface area contributed by atoms with Crippen LogP contribution in [0.3, 0.4) is 0 Å². The van der Waals surface area contributed by atoms with E-state index in [0.29, 0.717) is 11.3 Å². The van der Waals surface area contributed by atoms with Gasteiger partial charge >= 0.3 is 11.9 Å². The van der Waals surface area contributed by atoms with Crippen LogP contribution in [-0.2, 0) is 27.5 Å². The lowest BCUT2D eigenvalue weighted by molar-refractivity contribution is -0.142. The highest BCUT2D eigenvalue weighted by Gasteiger charge is 2.24. The number of rotatable bonds is 6. The predicted octanol–water partition coefficient (Wildman–Crippen LogP) is 2.95. The van der Waals surface area contributed by atoms with E-state index in [1.54, 1.807) is 6.92 Å². The van der Waals surface area contributed by atoms with E-state index in [9.17, 15) is 14.4 Å². The van der Waals surface area contributed by atoms with Crippen LogP contribution in [0.2, 0.25) is 0 Å². The van der Waals surface area contributed by atoms with Gasteiger partial charge in [-0.1, -0.05) is 30.3 Å². The SMILES string of the molecule is CC(=O)OCc1[nH]c(C(=O)OCc2ccccc2)c(C(C)=O)c1C. The first kappa shape index (κ1) is 17.5. The van der Waals surface area contributed by atoms with Crippen LogP contribution >= 0.6 is 0 Å². The van der Waals surface area contributed by atoms with Crippen LogP contribution in [0.5, 0.6) is 0 Å². The number of carbonyl (C=O) groups is 3. The number of aromatic amines is 1. The topological polar surface area (TPSA) is 85.5 Å². The molecule has 0 aliphatic carbocycles. The minimum atomic E-state index is -0.624. The zero-order valence-electron chi connectivity index (χ0n) is 13.8. The fraction of sp³-hybridized carbons (Fsp3) is 0.278. The van der Waals surface area contributed by atoms with Gasteiger partial charge in [0.2, 0.25) is 0 Å². The van der Waals surface area contributed by atoms with Gasteiger partial charge in [0.25, 0.3) is 0 Å². The number of benzene rings is 1. The van der Waals surface area contributed by atoms with Crippen molar-refractivity contribution in [3.8, 4) is 0 Å². The number of hydrogen-bond donors (Lipinski definition) is 1. The molecular weight excluding hydrogens is 310 g/mol. The Balaban J connectivity index is 2.20. The molecule has 1 heterocycles. The number of esters is 2. The molecule has 24 heavy (non-hydrogen) atoms. The molecule has 0 bridgehead atoms. The lowest BCUT2D eigenvalue weighted by Gasteiger charge is -2.05. The minimum Gasteiger partial charge on any atom is -0.459 e. The van der Waals surface area contributed by atoms with Gasteiger partial charge in [-0.2, -0.15) is 0 Å². The van der Waals surface area contributed by atoms with Gasteiger partial charge < -0.3 is 14.5 Å². The molecule has 0 unspecified atom stereocenters. The molecule has 1 aromatic heterocycles. The Labute approximate surface area is 139 Å². The van der Waals surface area contributed by atoms with Gasteiger partial charge in [-0.3, -0.25) is 9.59 Å². The smallest absolute Gasteiger partial charge is 0.355 e. The molecule has 0 saturated heterocycles. The molecule has 6 nitrogen and oxygen atoms in total. The van der Waals surface area contributed by atoms with E-state index in [2.05, 4.69) is 4.98 Å². The van der Waals surface area contributed by atoms with Crippen LogP contribution < -0.4 is 0 Å². The Bertz CT molecular complexity index is 761. The van der Waals surface area contributed by atoms with Crippen LogP contribution in [0.15, 0.2) is 30.3 Å². The summed E-state index contributed by atoms with van der Waals surface area (Å²) in [6.45, 7) is 4.43. The average molecular weight is 329 g/mol. The molecule has 1 N–H and O–H groups in total. The van der Waals surface area contributed by atoms with E-state index < -0.39 is 11.9 Å². The molecule has 0 radical (unpaired) electrons. The number of hydrogen-bond acceptors (Lipinski definition) is 5. The molecule has 0 atom stereocenters. The summed E-state index contributed by atoms with van der Waals surface area (Å²) in [5, 5.41) is 0. The third-order valence-electron chi connectivity index (χ3n) is 3.54. The molecular formula is C18H19NO5. The summed E-state index contributed by atoms with van der Waals surface area (Å²) < 4.78 is 10.2. The Kier molecular flexibility index (Phi) is 5.52. The number of ketones is 1. The Hall–Kier alpha value is -2.89. The van der Waals surface area contributed by atoms with Crippen molar-refractivity contribution in [2.45, 2.75) is 34.0 Å². The molecule has 126 valence electrons. The third-order valence-corrected chi connectivity index (χ3v) is 3.54. The summed E-state index contributed by atoms with van der Waals surface area (Å²) in [7, 11) is 0. The number of H-pyrrole nitrogens is 1. The van der Waals surface area contributed by atoms with Gasteiger partial charge in [-0.05, 0) is 25.0 Å². The Morgan fingerprint density at radius 3 is 2.25 bits per heavy atom. The maximum absolute atomic E-state index is 12.3. The lowest BCUT2D eigenvalue weighted by atomic mass is 10.1. The molecule has 0 aliphatic heterocycles. The Morgan fingerprint density at radius 1 is 1.00 bits per heavy atom. The van der Waals surface area contributed by atoms with E-state index in [0.717, 1.165) is 5.56 Å². The van der Waals surface area contributed by atoms with Gasteiger partial charge in [0.1, 0.15) is 18.9 Å². The summed E-state index contributed by atoms with van der Waals surface area (Å²) in [6.07, 6.45) is 0. The van der Waals surface area contributed by atoms with E-state index in [4.69, 9.17) is 9.47 Å². The normalized spacial score (nSPS) is 10.3. The molecule has 0 spiro atoms. The summed E-state index contributed by atoms with van der Waals surface area (Å²) in [5.74, 6) is -1.33. The van der Waals surface area contributed by atoms with Crippen LogP contribution in [0.4, 0.5) is 0 Å². The van der Waals surface area contributed by atoms with E-state index >= 15 is 0 Å². The van der Waals surface area contributed by atoms with Gasteiger partial charge in [0, 0.05) is 6.92 Å². The molecule has 0 aliphatic rings. The first-order valence-electron chi connectivity index (χ1n) is 7.47. The van der Waals surface area contributed by atoms with Crippen molar-refractivity contribution in [2.24, 2.45) is 0 Å². The second-order valence-corrected chi connectivity index (χ2v) is 5.38. The maximum atomic E-state index is 12.3. The van der Waals surface area contributed by atoms with Crippen molar-refractivity contribution in [1.82, 2.24) is 4.98 Å². The summed E-state index contributed by atoms with van der Waals surface area (Å²) in [5.41, 5.74) is 2.27. The highest BCUT2D eigenvalue weighted by atomic mass is 16.5. The van der Waals surface area contributed by atoms with Crippen molar-refractivity contribution < 1.29 is 23.9 Å². The highest BCUT2D eigenvalue weighted by Crippen LogP contribution is 2.21. The largest absolute Gasteiger partial charge is 0.459 e. The van der Waals surface area contributed by atoms with Gasteiger partial charge in [-0.15, -0.1) is 0 Å². The molecule has 0 saturated carbocycles. The molecule has 2 aromatic rings. The highest BCUT2D eigenvalue weighted by molar-refractivity contribution is 6.05. The minimum absolute atomic E-state index is 0.0343. The van der Waals surface area contributed by atoms with E-state index in [1.165, 1.54) is 13.8 Å². The summed E-state index contributed by atoms with van der Waals surface area (Å²) in [4.78, 5) is 38.0. The summed E-state index contributed by atoms with van der Waals surface area (Å²) in [6, 6.07) is 9.24. The zero-order valence-corrected chi connectivity index (χ0v) is 13.8. The van der Waals surface area contributed by atoms with Crippen LogP contribution in [-0.4, -0.2) is 22.7 Å². The summed E-state index contributed by atoms with van der Waals surface area (Å²) >= 11 is 0. The zero-order chi connectivity index (χ0) is 17.7. The van der Waals surface area contributed by atoms with Crippen molar-refractivity contribution >= 4 is 17.7 Å². The predicted molar refractivity (Wildman–Crippen MR) is 86.6 cm³/mol. The van der Waals surface area contributed by atoms with Crippen molar-refractivity contribution in [2.75, 3.05) is 0 Å². The van der Waals surface area contributed by atoms with Crippen molar-refractivity contribution in [3.05, 3.63) is 58.4 Å². The molecule has 2 rings (SSSR count). The van der Waals surface area contributed by atoms with Crippen LogP contribution in [0.25, 0.3) is 0 Å². The molecule has 0 amide bonds. The van der Waals surface area contributed by atoms with Gasteiger partial charge in [0.05, 0.1) is 11.3 Å². The number of aromatic nitrogens is 1. The van der Waals surface area contributed by atoms with Gasteiger partial charge in [0.15, 0.2) is 5.78 Å². The lowest BCUT2D eigenvalue weighted by Crippen LogP contribution is -2.10. The standard InChI is InChI=1S/C18H19NO5/c1-11-15(10-23-13(3)21)19-17(16(11)12(2)20)18(22)24-9-14-7-5-4-6-8-14/h4-8,19H,9-10H2,1-3H3. The van der Waals surface area contributed by atoms with Crippen molar-refractivity contribution in [1.29, 1.82) is 0 Å². The first-order chi connectivity index (χ1) is 11.4. The van der Waals surface area contributed by atoms with Gasteiger partial charge in [-0.25, -0.2) is 4.79 Å². The second kappa shape index (κ2) is 7.59. The number of carbonyl (C=O) groups excluding carboxylic acids is 3. The molecule has 6 heteroatoms. The fourth-order valence-electron chi connectivity index (χ4n) is 2.35. The van der Waals surface area contributed by atoms with E-state index in [-0.39, 0.29) is 30.3 Å². The number of ether oxygens (including phenoxy) is 2. The van der Waals surface area contributed by atoms with E-state index in [1.807, 2.05) is 30.3 Å². The number of nitrogens with one attached hydrogen (secondary N) is 1. The second-order valence-electron chi connectivity index (χ2n) is 5.38. The Morgan fingerprint density at radius 2 is 1.67 bits per heavy atom. The quantitative estimate of drug-likeness (QED) is 0.650. The fourth-order valence-corrected chi connectivity index (χ4v) is 2.35. The maximum Gasteiger partial charge on any atom is 0.355 e. The first-order valence-corrected chi connectivity index (χ1v) is 7.47. The average Bonchev–Trinajstić information content (AvgIpc) is 2.88. The third kappa shape index (κ3) is 4.10. The molecule has 1 aromatic carbocycles. The van der Waals surface area contributed by atoms with Crippen LogP contribution in [0, 0.1) is 6.92 Å². The molecule has 0 fully saturated rings. The number of Topliss-reactive ketones (excluding diaryl/α,β-unsaturated/α-hetero) is 1. The van der Waals surface area contributed by atoms with Crippen LogP contribution in [0.1, 0.15) is 51.5 Å². The monoisotopic (exact) mass is 329 g/mol.